The van der Waals surface area contributed by atoms with E-state index in [1.54, 1.807) is 12.1 Å². The van der Waals surface area contributed by atoms with Gasteiger partial charge in [-0.05, 0) is 55.5 Å². The third-order valence-electron chi connectivity index (χ3n) is 4.71. The number of hydrogen-bond acceptors (Lipinski definition) is 2. The second-order valence-electron chi connectivity index (χ2n) is 6.69. The zero-order chi connectivity index (χ0) is 14.6. The van der Waals surface area contributed by atoms with E-state index in [0.717, 1.165) is 31.1 Å². The fourth-order valence-corrected chi connectivity index (χ4v) is 3.38. The van der Waals surface area contributed by atoms with Crippen molar-refractivity contribution in [2.45, 2.75) is 39.2 Å². The Morgan fingerprint density at radius 1 is 1.35 bits per heavy atom. The molecule has 0 bridgehead atoms. The Kier molecular flexibility index (Phi) is 5.17. The van der Waals surface area contributed by atoms with E-state index in [4.69, 9.17) is 5.73 Å². The fraction of sp³-hybridized carbons (Fsp3) is 0.647. The minimum Gasteiger partial charge on any atom is -0.330 e. The van der Waals surface area contributed by atoms with Gasteiger partial charge in [0.15, 0.2) is 0 Å². The van der Waals surface area contributed by atoms with Gasteiger partial charge in [-0.15, -0.1) is 0 Å². The highest BCUT2D eigenvalue weighted by Crippen LogP contribution is 2.38. The molecule has 1 aromatic carbocycles. The molecule has 0 saturated heterocycles. The topological polar surface area (TPSA) is 29.3 Å². The van der Waals surface area contributed by atoms with Crippen molar-refractivity contribution in [3.63, 3.8) is 0 Å². The van der Waals surface area contributed by atoms with E-state index in [9.17, 15) is 4.39 Å². The zero-order valence-electron chi connectivity index (χ0n) is 12.7. The summed E-state index contributed by atoms with van der Waals surface area (Å²) in [6.45, 7) is 4.88. The zero-order valence-corrected chi connectivity index (χ0v) is 12.7. The summed E-state index contributed by atoms with van der Waals surface area (Å²) in [4.78, 5) is 2.29. The number of hydrogen-bond donors (Lipinski definition) is 1. The van der Waals surface area contributed by atoms with Crippen LogP contribution in [-0.4, -0.2) is 25.0 Å². The SMILES string of the molecule is CC1CCC(CN)(CN(C)Cc2cccc(F)c2)CC1. The minimum absolute atomic E-state index is 0.157. The highest BCUT2D eigenvalue weighted by Gasteiger charge is 2.33. The maximum Gasteiger partial charge on any atom is 0.123 e. The van der Waals surface area contributed by atoms with Gasteiger partial charge in [0.1, 0.15) is 5.82 Å². The van der Waals surface area contributed by atoms with E-state index in [1.807, 2.05) is 6.07 Å². The molecule has 0 radical (unpaired) electrons. The van der Waals surface area contributed by atoms with E-state index in [1.165, 1.54) is 31.7 Å². The minimum atomic E-state index is -0.157. The molecule has 0 atom stereocenters. The van der Waals surface area contributed by atoms with Crippen LogP contribution in [0.5, 0.6) is 0 Å². The predicted molar refractivity (Wildman–Crippen MR) is 81.9 cm³/mol. The van der Waals surface area contributed by atoms with Crippen molar-refractivity contribution in [1.29, 1.82) is 0 Å². The molecular weight excluding hydrogens is 251 g/mol. The van der Waals surface area contributed by atoms with Gasteiger partial charge in [0.25, 0.3) is 0 Å². The predicted octanol–water partition coefficient (Wildman–Crippen LogP) is 3.41. The van der Waals surface area contributed by atoms with E-state index >= 15 is 0 Å². The molecule has 0 heterocycles. The first kappa shape index (κ1) is 15.5. The molecule has 2 rings (SSSR count). The second-order valence-corrected chi connectivity index (χ2v) is 6.69. The Bertz CT molecular complexity index is 425. The molecule has 0 aromatic heterocycles. The summed E-state index contributed by atoms with van der Waals surface area (Å²) in [7, 11) is 2.11. The van der Waals surface area contributed by atoms with Crippen molar-refractivity contribution in [2.75, 3.05) is 20.1 Å². The van der Waals surface area contributed by atoms with Crippen molar-refractivity contribution in [3.05, 3.63) is 35.6 Å². The van der Waals surface area contributed by atoms with E-state index in [0.29, 0.717) is 0 Å². The standard InChI is InChI=1S/C17H27FN2/c1-14-6-8-17(12-19,9-7-14)13-20(2)11-15-4-3-5-16(18)10-15/h3-5,10,14H,6-9,11-13,19H2,1-2H3. The van der Waals surface area contributed by atoms with Crippen molar-refractivity contribution in [3.8, 4) is 0 Å². The van der Waals surface area contributed by atoms with Gasteiger partial charge in [-0.1, -0.05) is 31.9 Å². The van der Waals surface area contributed by atoms with E-state index < -0.39 is 0 Å². The Labute approximate surface area is 122 Å². The first-order valence-corrected chi connectivity index (χ1v) is 7.66. The van der Waals surface area contributed by atoms with Crippen LogP contribution < -0.4 is 5.73 Å². The van der Waals surface area contributed by atoms with Crippen molar-refractivity contribution < 1.29 is 4.39 Å². The van der Waals surface area contributed by atoms with Crippen LogP contribution in [0.1, 0.15) is 38.2 Å². The molecule has 0 amide bonds. The smallest absolute Gasteiger partial charge is 0.123 e. The summed E-state index contributed by atoms with van der Waals surface area (Å²) in [6, 6.07) is 6.87. The first-order chi connectivity index (χ1) is 9.53. The van der Waals surface area contributed by atoms with Gasteiger partial charge in [-0.3, -0.25) is 0 Å². The van der Waals surface area contributed by atoms with Gasteiger partial charge in [0.2, 0.25) is 0 Å². The number of halogens is 1. The van der Waals surface area contributed by atoms with Gasteiger partial charge in [-0.2, -0.15) is 0 Å². The van der Waals surface area contributed by atoms with E-state index in [2.05, 4.69) is 18.9 Å². The largest absolute Gasteiger partial charge is 0.330 e. The quantitative estimate of drug-likeness (QED) is 0.894. The monoisotopic (exact) mass is 278 g/mol. The summed E-state index contributed by atoms with van der Waals surface area (Å²) in [5.74, 6) is 0.680. The number of rotatable bonds is 5. The second kappa shape index (κ2) is 6.68. The lowest BCUT2D eigenvalue weighted by Crippen LogP contribution is -2.43. The average Bonchev–Trinajstić information content (AvgIpc) is 2.41. The molecule has 3 heteroatoms. The van der Waals surface area contributed by atoms with Crippen molar-refractivity contribution >= 4 is 0 Å². The Hall–Kier alpha value is -0.930. The first-order valence-electron chi connectivity index (χ1n) is 7.66. The fourth-order valence-electron chi connectivity index (χ4n) is 3.38. The van der Waals surface area contributed by atoms with Crippen molar-refractivity contribution in [2.24, 2.45) is 17.1 Å². The van der Waals surface area contributed by atoms with Gasteiger partial charge in [0, 0.05) is 13.1 Å². The van der Waals surface area contributed by atoms with Gasteiger partial charge in [-0.25, -0.2) is 4.39 Å². The lowest BCUT2D eigenvalue weighted by atomic mass is 9.70. The van der Waals surface area contributed by atoms with Crippen LogP contribution in [-0.2, 0) is 6.54 Å². The van der Waals surface area contributed by atoms with Crippen LogP contribution in [0.4, 0.5) is 4.39 Å². The Morgan fingerprint density at radius 3 is 2.65 bits per heavy atom. The normalized spacial score (nSPS) is 26.9. The molecule has 1 fully saturated rings. The molecule has 1 aliphatic rings. The van der Waals surface area contributed by atoms with Crippen molar-refractivity contribution in [1.82, 2.24) is 4.90 Å². The number of nitrogens with two attached hydrogens (primary N) is 1. The van der Waals surface area contributed by atoms with Gasteiger partial charge >= 0.3 is 0 Å². The van der Waals surface area contributed by atoms with Gasteiger partial charge in [0.05, 0.1) is 0 Å². The van der Waals surface area contributed by atoms with Crippen LogP contribution >= 0.6 is 0 Å². The molecule has 0 spiro atoms. The summed E-state index contributed by atoms with van der Waals surface area (Å²) >= 11 is 0. The third kappa shape index (κ3) is 4.03. The lowest BCUT2D eigenvalue weighted by Gasteiger charge is -2.41. The average molecular weight is 278 g/mol. The molecule has 2 N–H and O–H groups in total. The maximum atomic E-state index is 13.2. The van der Waals surface area contributed by atoms with Crippen LogP contribution in [0.15, 0.2) is 24.3 Å². The maximum absolute atomic E-state index is 13.2. The molecule has 1 aromatic rings. The lowest BCUT2D eigenvalue weighted by molar-refractivity contribution is 0.105. The molecule has 20 heavy (non-hydrogen) atoms. The van der Waals surface area contributed by atoms with Gasteiger partial charge < -0.3 is 10.6 Å². The van der Waals surface area contributed by atoms with E-state index in [-0.39, 0.29) is 11.2 Å². The van der Waals surface area contributed by atoms with Crippen LogP contribution in [0.2, 0.25) is 0 Å². The number of benzene rings is 1. The summed E-state index contributed by atoms with van der Waals surface area (Å²) in [5.41, 5.74) is 7.35. The molecule has 1 aliphatic carbocycles. The van der Waals surface area contributed by atoms with Crippen LogP contribution in [0.25, 0.3) is 0 Å². The highest BCUT2D eigenvalue weighted by molar-refractivity contribution is 5.16. The molecule has 112 valence electrons. The number of nitrogens with zero attached hydrogens (tertiary/aromatic N) is 1. The molecule has 0 unspecified atom stereocenters. The molecular formula is C17H27FN2. The molecule has 2 nitrogen and oxygen atoms in total. The Balaban J connectivity index is 1.94. The van der Waals surface area contributed by atoms with Crippen LogP contribution in [0.3, 0.4) is 0 Å². The highest BCUT2D eigenvalue weighted by atomic mass is 19.1. The summed E-state index contributed by atoms with van der Waals surface area (Å²) in [5, 5.41) is 0. The van der Waals surface area contributed by atoms with Crippen LogP contribution in [0, 0.1) is 17.2 Å². The third-order valence-corrected chi connectivity index (χ3v) is 4.71. The Morgan fingerprint density at radius 2 is 2.05 bits per heavy atom. The molecule has 0 aliphatic heterocycles. The molecule has 1 saturated carbocycles. The summed E-state index contributed by atoms with van der Waals surface area (Å²) < 4.78 is 13.2. The summed E-state index contributed by atoms with van der Waals surface area (Å²) in [6.07, 6.45) is 5.01.